The molecule has 1 amide bonds. The summed E-state index contributed by atoms with van der Waals surface area (Å²) < 4.78 is 6.38. The smallest absolute Gasteiger partial charge is 0.225 e. The van der Waals surface area contributed by atoms with Gasteiger partial charge in [0.05, 0.1) is 6.61 Å². The summed E-state index contributed by atoms with van der Waals surface area (Å²) in [6.45, 7) is 7.63. The second-order valence-corrected chi connectivity index (χ2v) is 12.3. The maximum absolute atomic E-state index is 13.6. The molecular formula is C33H42ClN5O2. The molecule has 2 aliphatic rings. The fourth-order valence-electron chi connectivity index (χ4n) is 6.05. The van der Waals surface area contributed by atoms with Crippen LogP contribution in [-0.4, -0.2) is 65.5 Å². The molecule has 0 unspecified atom stereocenters. The standard InChI is InChI=1S/C33H42ClN5O2/c1-26-18-29(12-13-30(26)34)41-25-33(19-31(40)37(2)22-27-10-5-3-6-11-27)14-9-15-38(24-33)23-28-20-35-32(36-21-28)39-16-7-4-8-17-39/h3,5-6,10-13,18,20-21H,4,7-9,14-17,19,22-25H2,1-2H3/t33-/m1/s1. The van der Waals surface area contributed by atoms with Crippen molar-refractivity contribution in [2.24, 2.45) is 5.41 Å². The Kier molecular flexibility index (Phi) is 9.78. The Labute approximate surface area is 249 Å². The van der Waals surface area contributed by atoms with Crippen LogP contribution in [0, 0.1) is 12.3 Å². The molecule has 1 aromatic heterocycles. The molecule has 218 valence electrons. The van der Waals surface area contributed by atoms with Gasteiger partial charge in [-0.05, 0) is 74.9 Å². The van der Waals surface area contributed by atoms with Gasteiger partial charge in [0.25, 0.3) is 0 Å². The number of carbonyl (C=O) groups excluding carboxylic acids is 1. The normalized spacial score (nSPS) is 19.6. The molecule has 41 heavy (non-hydrogen) atoms. The van der Waals surface area contributed by atoms with Crippen molar-refractivity contribution < 1.29 is 9.53 Å². The Balaban J connectivity index is 1.28. The van der Waals surface area contributed by atoms with E-state index < -0.39 is 0 Å². The van der Waals surface area contributed by atoms with Gasteiger partial charge in [-0.2, -0.15) is 0 Å². The number of likely N-dealkylation sites (tertiary alicyclic amines) is 1. The Morgan fingerprint density at radius 1 is 1.00 bits per heavy atom. The number of nitrogens with zero attached hydrogens (tertiary/aromatic N) is 5. The number of benzene rings is 2. The number of carbonyl (C=O) groups is 1. The van der Waals surface area contributed by atoms with Gasteiger partial charge >= 0.3 is 0 Å². The summed E-state index contributed by atoms with van der Waals surface area (Å²) >= 11 is 6.25. The average molecular weight is 576 g/mol. The zero-order valence-electron chi connectivity index (χ0n) is 24.4. The third kappa shape index (κ3) is 7.98. The topological polar surface area (TPSA) is 61.8 Å². The lowest BCUT2D eigenvalue weighted by Gasteiger charge is -2.43. The molecule has 0 bridgehead atoms. The zero-order chi connectivity index (χ0) is 28.7. The molecule has 0 radical (unpaired) electrons. The number of halogens is 1. The van der Waals surface area contributed by atoms with Crippen LogP contribution in [0.4, 0.5) is 5.95 Å². The highest BCUT2D eigenvalue weighted by atomic mass is 35.5. The molecule has 7 nitrogen and oxygen atoms in total. The predicted molar refractivity (Wildman–Crippen MR) is 164 cm³/mol. The van der Waals surface area contributed by atoms with E-state index in [4.69, 9.17) is 26.3 Å². The first-order valence-corrected chi connectivity index (χ1v) is 15.2. The highest BCUT2D eigenvalue weighted by molar-refractivity contribution is 6.31. The number of aromatic nitrogens is 2. The molecule has 5 rings (SSSR count). The molecule has 3 aromatic rings. The first-order chi connectivity index (χ1) is 19.9. The van der Waals surface area contributed by atoms with Crippen molar-refractivity contribution in [3.05, 3.63) is 82.6 Å². The van der Waals surface area contributed by atoms with Gasteiger partial charge in [-0.25, -0.2) is 9.97 Å². The minimum absolute atomic E-state index is 0.140. The van der Waals surface area contributed by atoms with E-state index in [9.17, 15) is 4.79 Å². The van der Waals surface area contributed by atoms with Crippen LogP contribution in [0.5, 0.6) is 5.75 Å². The minimum atomic E-state index is -0.303. The highest BCUT2D eigenvalue weighted by Crippen LogP contribution is 2.36. The first kappa shape index (κ1) is 29.3. The predicted octanol–water partition coefficient (Wildman–Crippen LogP) is 6.14. The summed E-state index contributed by atoms with van der Waals surface area (Å²) in [5.74, 6) is 1.76. The quantitative estimate of drug-likeness (QED) is 0.289. The number of amides is 1. The summed E-state index contributed by atoms with van der Waals surface area (Å²) in [5, 5.41) is 0.724. The van der Waals surface area contributed by atoms with Gasteiger partial charge in [0, 0.05) is 74.6 Å². The van der Waals surface area contributed by atoms with Gasteiger partial charge in [-0.15, -0.1) is 0 Å². The van der Waals surface area contributed by atoms with Crippen molar-refractivity contribution in [1.29, 1.82) is 0 Å². The lowest BCUT2D eigenvalue weighted by atomic mass is 9.77. The average Bonchev–Trinajstić information content (AvgIpc) is 2.99. The summed E-state index contributed by atoms with van der Waals surface area (Å²) in [6.07, 6.45) is 10.0. The number of aryl methyl sites for hydroxylation is 1. The first-order valence-electron chi connectivity index (χ1n) is 14.8. The van der Waals surface area contributed by atoms with Crippen molar-refractivity contribution in [3.8, 4) is 5.75 Å². The molecule has 0 saturated carbocycles. The summed E-state index contributed by atoms with van der Waals surface area (Å²) in [5.41, 5.74) is 2.91. The van der Waals surface area contributed by atoms with Crippen LogP contribution in [0.1, 0.15) is 55.2 Å². The molecule has 2 saturated heterocycles. The molecule has 2 aromatic carbocycles. The van der Waals surface area contributed by atoms with Crippen LogP contribution in [0.2, 0.25) is 5.02 Å². The van der Waals surface area contributed by atoms with Gasteiger partial charge in [-0.1, -0.05) is 41.9 Å². The van der Waals surface area contributed by atoms with Crippen LogP contribution in [0.15, 0.2) is 60.9 Å². The van der Waals surface area contributed by atoms with Crippen molar-refractivity contribution in [2.75, 3.05) is 44.7 Å². The van der Waals surface area contributed by atoms with Crippen LogP contribution < -0.4 is 9.64 Å². The van der Waals surface area contributed by atoms with Crippen molar-refractivity contribution >= 4 is 23.5 Å². The lowest BCUT2D eigenvalue weighted by Crippen LogP contribution is -2.48. The highest BCUT2D eigenvalue weighted by Gasteiger charge is 2.39. The monoisotopic (exact) mass is 575 g/mol. The van der Waals surface area contributed by atoms with Crippen LogP contribution >= 0.6 is 11.6 Å². The number of anilines is 1. The summed E-state index contributed by atoms with van der Waals surface area (Å²) in [7, 11) is 1.90. The maximum Gasteiger partial charge on any atom is 0.225 e. The molecule has 3 heterocycles. The lowest BCUT2D eigenvalue weighted by molar-refractivity contribution is -0.135. The van der Waals surface area contributed by atoms with Gasteiger partial charge < -0.3 is 14.5 Å². The van der Waals surface area contributed by atoms with Gasteiger partial charge in [0.2, 0.25) is 11.9 Å². The molecule has 0 aliphatic carbocycles. The molecule has 0 N–H and O–H groups in total. The third-order valence-electron chi connectivity index (χ3n) is 8.37. The largest absolute Gasteiger partial charge is 0.493 e. The van der Waals surface area contributed by atoms with Crippen LogP contribution in [-0.2, 0) is 17.9 Å². The fourth-order valence-corrected chi connectivity index (χ4v) is 6.17. The molecule has 2 fully saturated rings. The van der Waals surface area contributed by atoms with Crippen molar-refractivity contribution in [1.82, 2.24) is 19.8 Å². The van der Waals surface area contributed by atoms with Gasteiger partial charge in [0.15, 0.2) is 0 Å². The Bertz CT molecular complexity index is 1280. The third-order valence-corrected chi connectivity index (χ3v) is 8.79. The number of rotatable bonds is 10. The van der Waals surface area contributed by atoms with E-state index in [1.54, 1.807) is 0 Å². The van der Waals surface area contributed by atoms with Crippen molar-refractivity contribution in [2.45, 2.75) is 58.5 Å². The SMILES string of the molecule is Cc1cc(OC[C@@]2(CC(=O)N(C)Cc3ccccc3)CCCN(Cc3cnc(N4CCCCC4)nc3)C2)ccc1Cl. The van der Waals surface area contributed by atoms with E-state index in [2.05, 4.69) is 21.9 Å². The number of hydrogen-bond acceptors (Lipinski definition) is 6. The van der Waals surface area contributed by atoms with Crippen molar-refractivity contribution in [3.63, 3.8) is 0 Å². The molecule has 8 heteroatoms. The van der Waals surface area contributed by atoms with E-state index >= 15 is 0 Å². The van der Waals surface area contributed by atoms with E-state index in [1.807, 2.05) is 67.7 Å². The fraction of sp³-hybridized carbons (Fsp3) is 0.485. The van der Waals surface area contributed by atoms with Gasteiger partial charge in [-0.3, -0.25) is 9.69 Å². The second kappa shape index (κ2) is 13.7. The Hall–Kier alpha value is -3.16. The Morgan fingerprint density at radius 2 is 1.76 bits per heavy atom. The maximum atomic E-state index is 13.6. The van der Waals surface area contributed by atoms with E-state index in [0.29, 0.717) is 19.6 Å². The summed E-state index contributed by atoms with van der Waals surface area (Å²) in [6, 6.07) is 15.9. The van der Waals surface area contributed by atoms with E-state index in [1.165, 1.54) is 19.3 Å². The zero-order valence-corrected chi connectivity index (χ0v) is 25.2. The molecule has 0 spiro atoms. The minimum Gasteiger partial charge on any atom is -0.493 e. The second-order valence-electron chi connectivity index (χ2n) is 11.9. The Morgan fingerprint density at radius 3 is 2.49 bits per heavy atom. The summed E-state index contributed by atoms with van der Waals surface area (Å²) in [4.78, 5) is 29.6. The molecule has 2 aliphatic heterocycles. The van der Waals surface area contributed by atoms with Crippen LogP contribution in [0.3, 0.4) is 0 Å². The van der Waals surface area contributed by atoms with E-state index in [0.717, 1.165) is 79.0 Å². The van der Waals surface area contributed by atoms with Crippen LogP contribution in [0.25, 0.3) is 0 Å². The van der Waals surface area contributed by atoms with E-state index in [-0.39, 0.29) is 11.3 Å². The number of hydrogen-bond donors (Lipinski definition) is 0. The van der Waals surface area contributed by atoms with Gasteiger partial charge in [0.1, 0.15) is 5.75 Å². The molecule has 1 atom stereocenters. The number of ether oxygens (including phenoxy) is 1. The molecular weight excluding hydrogens is 534 g/mol. The number of piperidine rings is 2.